The topological polar surface area (TPSA) is 39.8 Å². The number of benzene rings is 2. The van der Waals surface area contributed by atoms with Gasteiger partial charge in [-0.3, -0.25) is 4.79 Å². The Morgan fingerprint density at radius 2 is 1.92 bits per heavy atom. The maximum Gasteiger partial charge on any atom is 0.296 e. The normalized spacial score (nSPS) is 11.5. The van der Waals surface area contributed by atoms with Gasteiger partial charge in [-0.15, -0.1) is 0 Å². The number of para-hydroxylation sites is 1. The van der Waals surface area contributed by atoms with Gasteiger partial charge in [-0.25, -0.2) is 4.39 Å². The Hall–Kier alpha value is -2.47. The number of nitrogens with zero attached hydrogens (tertiary/aromatic N) is 3. The lowest BCUT2D eigenvalue weighted by Crippen LogP contribution is -2.24. The highest BCUT2D eigenvalue weighted by atomic mass is 79.9. The highest BCUT2D eigenvalue weighted by Gasteiger charge is 2.20. The van der Waals surface area contributed by atoms with E-state index >= 15 is 0 Å². The summed E-state index contributed by atoms with van der Waals surface area (Å²) in [5.41, 5.74) is 2.60. The third-order valence-corrected chi connectivity index (χ3v) is 4.90. The van der Waals surface area contributed by atoms with Gasteiger partial charge in [-0.2, -0.15) is 9.78 Å². The van der Waals surface area contributed by atoms with E-state index < -0.39 is 0 Å². The Morgan fingerprint density at radius 3 is 2.60 bits per heavy atom. The molecule has 0 aliphatic rings. The number of hydrogen-bond acceptors (Lipinski definition) is 2. The highest BCUT2D eigenvalue weighted by Crippen LogP contribution is 2.30. The van der Waals surface area contributed by atoms with Gasteiger partial charge >= 0.3 is 0 Å². The van der Waals surface area contributed by atoms with Crippen LogP contribution in [0.5, 0.6) is 0 Å². The highest BCUT2D eigenvalue weighted by molar-refractivity contribution is 9.08. The molecule has 0 spiro atoms. The second-order valence-corrected chi connectivity index (χ2v) is 6.32. The van der Waals surface area contributed by atoms with Crippen molar-refractivity contribution in [3.05, 3.63) is 70.4 Å². The van der Waals surface area contributed by atoms with Crippen LogP contribution in [0.3, 0.4) is 0 Å². The van der Waals surface area contributed by atoms with Crippen LogP contribution in [0, 0.1) is 5.82 Å². The summed E-state index contributed by atoms with van der Waals surface area (Å²) < 4.78 is 17.2. The largest absolute Gasteiger partial charge is 0.336 e. The molecule has 4 rings (SSSR count). The van der Waals surface area contributed by atoms with Crippen molar-refractivity contribution >= 4 is 37.7 Å². The third kappa shape index (κ3) is 2.40. The summed E-state index contributed by atoms with van der Waals surface area (Å²) in [4.78, 5) is 13.2. The second kappa shape index (κ2) is 6.11. The third-order valence-electron chi connectivity index (χ3n) is 4.37. The molecule has 0 aliphatic heterocycles. The minimum Gasteiger partial charge on any atom is -0.336 e. The summed E-state index contributed by atoms with van der Waals surface area (Å²) in [5.74, 6) is -0.324. The van der Waals surface area contributed by atoms with Crippen LogP contribution in [0.25, 0.3) is 27.5 Å². The predicted molar refractivity (Wildman–Crippen MR) is 101 cm³/mol. The van der Waals surface area contributed by atoms with Gasteiger partial charge in [0.1, 0.15) is 11.3 Å². The first-order valence-corrected chi connectivity index (χ1v) is 9.13. The zero-order valence-corrected chi connectivity index (χ0v) is 15.1. The summed E-state index contributed by atoms with van der Waals surface area (Å²) in [6.45, 7) is 2.59. The van der Waals surface area contributed by atoms with Gasteiger partial charge in [0.15, 0.2) is 0 Å². The van der Waals surface area contributed by atoms with Crippen LogP contribution in [0.2, 0.25) is 0 Å². The number of hydrogen-bond donors (Lipinski definition) is 0. The molecule has 0 amide bonds. The van der Waals surface area contributed by atoms with E-state index in [1.54, 1.807) is 6.07 Å². The molecule has 126 valence electrons. The van der Waals surface area contributed by atoms with Gasteiger partial charge in [0.05, 0.1) is 11.4 Å². The van der Waals surface area contributed by atoms with E-state index in [0.717, 1.165) is 10.9 Å². The van der Waals surface area contributed by atoms with E-state index in [-0.39, 0.29) is 11.4 Å². The van der Waals surface area contributed by atoms with E-state index in [1.165, 1.54) is 16.8 Å². The fourth-order valence-electron chi connectivity index (χ4n) is 3.32. The summed E-state index contributed by atoms with van der Waals surface area (Å²) in [7, 11) is 0. The molecule has 4 nitrogen and oxygen atoms in total. The molecular weight excluding hydrogens is 385 g/mol. The lowest BCUT2D eigenvalue weighted by Gasteiger charge is -2.09. The molecule has 6 heteroatoms. The van der Waals surface area contributed by atoms with Crippen molar-refractivity contribution < 1.29 is 4.39 Å². The monoisotopic (exact) mass is 399 g/mol. The number of halogens is 2. The lowest BCUT2D eigenvalue weighted by atomic mass is 10.1. The number of rotatable bonds is 3. The second-order valence-electron chi connectivity index (χ2n) is 5.76. The van der Waals surface area contributed by atoms with Crippen molar-refractivity contribution in [2.75, 3.05) is 0 Å². The average Bonchev–Trinajstić information content (AvgIpc) is 2.97. The van der Waals surface area contributed by atoms with Gasteiger partial charge in [-0.05, 0) is 37.3 Å². The number of aryl methyl sites for hydroxylation is 1. The lowest BCUT2D eigenvalue weighted by molar-refractivity contribution is 0.629. The smallest absolute Gasteiger partial charge is 0.296 e. The van der Waals surface area contributed by atoms with Gasteiger partial charge in [0.25, 0.3) is 5.56 Å². The van der Waals surface area contributed by atoms with Crippen molar-refractivity contribution in [3.8, 4) is 5.69 Å². The molecule has 4 aromatic rings. The standard InChI is InChI=1S/C19H15BrFN3O/c1-2-23-16-9-8-12(21)10-14(16)17-15(11-20)22-24(19(25)18(17)23)13-6-4-3-5-7-13/h3-10H,2,11H2,1H3. The minimum absolute atomic E-state index is 0.204. The fraction of sp³-hybridized carbons (Fsp3) is 0.158. The minimum atomic E-state index is -0.324. The number of alkyl halides is 1. The SMILES string of the molecule is CCn1c2ccc(F)cc2c2c(CBr)nn(-c3ccccc3)c(=O)c21. The van der Waals surface area contributed by atoms with E-state index in [1.807, 2.05) is 41.8 Å². The summed E-state index contributed by atoms with van der Waals surface area (Å²) in [6, 6.07) is 13.9. The van der Waals surface area contributed by atoms with Gasteiger partial charge < -0.3 is 4.57 Å². The van der Waals surface area contributed by atoms with E-state index in [0.29, 0.717) is 34.2 Å². The van der Waals surface area contributed by atoms with Crippen LogP contribution in [-0.4, -0.2) is 14.3 Å². The van der Waals surface area contributed by atoms with Crippen LogP contribution in [0.4, 0.5) is 4.39 Å². The molecule has 0 atom stereocenters. The molecule has 0 N–H and O–H groups in total. The van der Waals surface area contributed by atoms with Crippen LogP contribution >= 0.6 is 15.9 Å². The van der Waals surface area contributed by atoms with E-state index in [2.05, 4.69) is 21.0 Å². The average molecular weight is 400 g/mol. The quantitative estimate of drug-likeness (QED) is 0.479. The molecule has 2 heterocycles. The summed E-state index contributed by atoms with van der Waals surface area (Å²) in [6.07, 6.45) is 0. The zero-order valence-electron chi connectivity index (χ0n) is 13.5. The van der Waals surface area contributed by atoms with E-state index in [9.17, 15) is 9.18 Å². The molecule has 2 aromatic carbocycles. The Bertz CT molecular complexity index is 1150. The first-order chi connectivity index (χ1) is 12.2. The molecular formula is C19H15BrFN3O. The zero-order chi connectivity index (χ0) is 17.6. The van der Waals surface area contributed by atoms with Crippen LogP contribution in [0.15, 0.2) is 53.3 Å². The van der Waals surface area contributed by atoms with Gasteiger partial charge in [0.2, 0.25) is 0 Å². The number of aromatic nitrogens is 3. The van der Waals surface area contributed by atoms with Crippen LogP contribution in [0.1, 0.15) is 12.6 Å². The molecule has 0 radical (unpaired) electrons. The van der Waals surface area contributed by atoms with Crippen molar-refractivity contribution in [1.82, 2.24) is 14.3 Å². The predicted octanol–water partition coefficient (Wildman–Crippen LogP) is 4.39. The molecule has 0 unspecified atom stereocenters. The maximum atomic E-state index is 13.8. The Balaban J connectivity index is 2.23. The Morgan fingerprint density at radius 1 is 1.16 bits per heavy atom. The molecule has 0 fully saturated rings. The van der Waals surface area contributed by atoms with Crippen molar-refractivity contribution in [1.29, 1.82) is 0 Å². The van der Waals surface area contributed by atoms with Crippen molar-refractivity contribution in [3.63, 3.8) is 0 Å². The molecule has 0 aliphatic carbocycles. The molecule has 0 bridgehead atoms. The molecule has 0 saturated heterocycles. The van der Waals surface area contributed by atoms with Crippen LogP contribution < -0.4 is 5.56 Å². The Labute approximate surface area is 151 Å². The maximum absolute atomic E-state index is 13.8. The molecule has 2 aromatic heterocycles. The number of fused-ring (bicyclic) bond motifs is 3. The Kier molecular flexibility index (Phi) is 3.92. The molecule has 25 heavy (non-hydrogen) atoms. The first-order valence-electron chi connectivity index (χ1n) is 8.00. The van der Waals surface area contributed by atoms with Gasteiger partial charge in [0, 0.05) is 28.2 Å². The first kappa shape index (κ1) is 16.0. The van der Waals surface area contributed by atoms with E-state index in [4.69, 9.17) is 0 Å². The van der Waals surface area contributed by atoms with Crippen molar-refractivity contribution in [2.24, 2.45) is 0 Å². The summed E-state index contributed by atoms with van der Waals surface area (Å²) in [5, 5.41) is 6.44. The summed E-state index contributed by atoms with van der Waals surface area (Å²) >= 11 is 3.46. The van der Waals surface area contributed by atoms with Crippen molar-refractivity contribution in [2.45, 2.75) is 18.8 Å². The fourth-order valence-corrected chi connectivity index (χ4v) is 3.72. The molecule has 0 saturated carbocycles. The van der Waals surface area contributed by atoms with Gasteiger partial charge in [-0.1, -0.05) is 34.1 Å². The van der Waals surface area contributed by atoms with Crippen LogP contribution in [-0.2, 0) is 11.9 Å².